The van der Waals surface area contributed by atoms with Gasteiger partial charge in [-0.15, -0.1) is 0 Å². The Hall–Kier alpha value is -2.21. The van der Waals surface area contributed by atoms with Crippen LogP contribution in [-0.2, 0) is 17.9 Å². The third-order valence-corrected chi connectivity index (χ3v) is 3.87. The van der Waals surface area contributed by atoms with E-state index in [1.165, 1.54) is 12.1 Å². The van der Waals surface area contributed by atoms with E-state index in [0.717, 1.165) is 17.9 Å². The van der Waals surface area contributed by atoms with Crippen molar-refractivity contribution in [3.05, 3.63) is 53.9 Å². The molecule has 0 aliphatic rings. The van der Waals surface area contributed by atoms with Crippen molar-refractivity contribution in [1.29, 1.82) is 0 Å². The second-order valence-corrected chi connectivity index (χ2v) is 6.07. The van der Waals surface area contributed by atoms with E-state index < -0.39 is 0 Å². The van der Waals surface area contributed by atoms with Crippen LogP contribution >= 0.6 is 0 Å². The van der Waals surface area contributed by atoms with Gasteiger partial charge < -0.3 is 14.4 Å². The molecule has 0 saturated carbocycles. The molecule has 5 nitrogen and oxygen atoms in total. The normalized spacial score (nSPS) is 11.0. The molecular weight excluding hydrogens is 307 g/mol. The lowest BCUT2D eigenvalue weighted by molar-refractivity contribution is -0.131. The summed E-state index contributed by atoms with van der Waals surface area (Å²) >= 11 is 0. The predicted molar refractivity (Wildman–Crippen MR) is 92.0 cm³/mol. The number of nitrogens with zero attached hydrogens (tertiary/aromatic N) is 4. The average Bonchev–Trinajstić information content (AvgIpc) is 2.99. The number of hydrogen-bond donors (Lipinski definition) is 0. The minimum Gasteiger partial charge on any atom is -0.334 e. The number of imidazole rings is 1. The number of halogens is 1. The number of rotatable bonds is 8. The molecule has 0 atom stereocenters. The first-order valence-corrected chi connectivity index (χ1v) is 8.16. The lowest BCUT2D eigenvalue weighted by Crippen LogP contribution is -2.36. The Labute approximate surface area is 142 Å². The number of benzene rings is 1. The highest BCUT2D eigenvalue weighted by Crippen LogP contribution is 2.10. The van der Waals surface area contributed by atoms with E-state index in [0.29, 0.717) is 26.1 Å². The second kappa shape index (κ2) is 8.59. The highest BCUT2D eigenvalue weighted by atomic mass is 19.1. The molecule has 0 radical (unpaired) electrons. The molecule has 0 fully saturated rings. The SMILES string of the molecule is CCC(=O)N(CCN(C)C)Cc1nccn1Cc1ccc(F)cc1. The molecule has 1 aromatic heterocycles. The van der Waals surface area contributed by atoms with E-state index in [1.54, 1.807) is 18.3 Å². The summed E-state index contributed by atoms with van der Waals surface area (Å²) in [5, 5.41) is 0. The van der Waals surface area contributed by atoms with Crippen LogP contribution in [0.1, 0.15) is 24.7 Å². The quantitative estimate of drug-likeness (QED) is 0.745. The summed E-state index contributed by atoms with van der Waals surface area (Å²) in [6.45, 7) is 4.44. The first-order chi connectivity index (χ1) is 11.5. The number of carbonyl (C=O) groups is 1. The van der Waals surface area contributed by atoms with Gasteiger partial charge in [-0.3, -0.25) is 4.79 Å². The van der Waals surface area contributed by atoms with Crippen molar-refractivity contribution in [2.45, 2.75) is 26.4 Å². The fourth-order valence-electron chi connectivity index (χ4n) is 2.43. The molecule has 2 aromatic rings. The van der Waals surface area contributed by atoms with Gasteiger partial charge in [-0.25, -0.2) is 9.37 Å². The lowest BCUT2D eigenvalue weighted by Gasteiger charge is -2.24. The Morgan fingerprint density at radius 1 is 1.21 bits per heavy atom. The summed E-state index contributed by atoms with van der Waals surface area (Å²) in [5.41, 5.74) is 0.998. The van der Waals surface area contributed by atoms with Crippen LogP contribution in [0.25, 0.3) is 0 Å². The maximum absolute atomic E-state index is 13.0. The zero-order valence-corrected chi connectivity index (χ0v) is 14.6. The largest absolute Gasteiger partial charge is 0.334 e. The van der Waals surface area contributed by atoms with E-state index in [2.05, 4.69) is 9.88 Å². The molecule has 0 aliphatic carbocycles. The number of carbonyl (C=O) groups excluding carboxylic acids is 1. The van der Waals surface area contributed by atoms with E-state index in [1.807, 2.05) is 36.7 Å². The zero-order valence-electron chi connectivity index (χ0n) is 14.6. The molecule has 0 N–H and O–H groups in total. The number of aromatic nitrogens is 2. The van der Waals surface area contributed by atoms with Crippen LogP contribution in [0.3, 0.4) is 0 Å². The molecule has 130 valence electrons. The summed E-state index contributed by atoms with van der Waals surface area (Å²) in [5.74, 6) is 0.709. The van der Waals surface area contributed by atoms with Crippen LogP contribution in [0.15, 0.2) is 36.7 Å². The van der Waals surface area contributed by atoms with Crippen molar-refractivity contribution < 1.29 is 9.18 Å². The minimum atomic E-state index is -0.243. The monoisotopic (exact) mass is 332 g/mol. The van der Waals surface area contributed by atoms with Gasteiger partial charge >= 0.3 is 0 Å². The molecule has 0 spiro atoms. The molecule has 0 aliphatic heterocycles. The number of hydrogen-bond acceptors (Lipinski definition) is 3. The zero-order chi connectivity index (χ0) is 17.5. The highest BCUT2D eigenvalue weighted by Gasteiger charge is 2.15. The summed E-state index contributed by atoms with van der Waals surface area (Å²) in [4.78, 5) is 20.5. The molecule has 1 amide bonds. The van der Waals surface area contributed by atoms with Crippen LogP contribution in [0.5, 0.6) is 0 Å². The Bertz CT molecular complexity index is 651. The topological polar surface area (TPSA) is 41.4 Å². The van der Waals surface area contributed by atoms with Crippen molar-refractivity contribution in [1.82, 2.24) is 19.4 Å². The third kappa shape index (κ3) is 5.16. The lowest BCUT2D eigenvalue weighted by atomic mass is 10.2. The Kier molecular flexibility index (Phi) is 6.49. The van der Waals surface area contributed by atoms with Gasteiger partial charge in [0.05, 0.1) is 6.54 Å². The van der Waals surface area contributed by atoms with Gasteiger partial charge in [0.2, 0.25) is 5.91 Å². The van der Waals surface area contributed by atoms with Gasteiger partial charge in [-0.2, -0.15) is 0 Å². The standard InChI is InChI=1S/C18H25FN4O/c1-4-18(24)23(12-11-21(2)3)14-17-20-9-10-22(17)13-15-5-7-16(19)8-6-15/h5-10H,4,11-14H2,1-3H3. The highest BCUT2D eigenvalue weighted by molar-refractivity contribution is 5.75. The van der Waals surface area contributed by atoms with E-state index in [-0.39, 0.29) is 11.7 Å². The molecule has 2 rings (SSSR count). The maximum Gasteiger partial charge on any atom is 0.222 e. The van der Waals surface area contributed by atoms with Crippen molar-refractivity contribution >= 4 is 5.91 Å². The molecule has 0 unspecified atom stereocenters. The number of amides is 1. The molecule has 1 heterocycles. The molecule has 0 saturated heterocycles. The van der Waals surface area contributed by atoms with Crippen molar-refractivity contribution in [3.8, 4) is 0 Å². The minimum absolute atomic E-state index is 0.119. The van der Waals surface area contributed by atoms with Gasteiger partial charge in [-0.05, 0) is 31.8 Å². The Balaban J connectivity index is 2.09. The molecule has 24 heavy (non-hydrogen) atoms. The van der Waals surface area contributed by atoms with Gasteiger partial charge in [0, 0.05) is 38.4 Å². The maximum atomic E-state index is 13.0. The van der Waals surface area contributed by atoms with Crippen LogP contribution in [0.4, 0.5) is 4.39 Å². The van der Waals surface area contributed by atoms with Crippen molar-refractivity contribution in [2.24, 2.45) is 0 Å². The van der Waals surface area contributed by atoms with Gasteiger partial charge in [0.1, 0.15) is 11.6 Å². The Morgan fingerprint density at radius 3 is 2.54 bits per heavy atom. The predicted octanol–water partition coefficient (Wildman–Crippen LogP) is 2.37. The van der Waals surface area contributed by atoms with Gasteiger partial charge in [0.25, 0.3) is 0 Å². The smallest absolute Gasteiger partial charge is 0.222 e. The molecule has 0 bridgehead atoms. The van der Waals surface area contributed by atoms with Crippen molar-refractivity contribution in [2.75, 3.05) is 27.2 Å². The van der Waals surface area contributed by atoms with Gasteiger partial charge in [-0.1, -0.05) is 19.1 Å². The van der Waals surface area contributed by atoms with E-state index >= 15 is 0 Å². The van der Waals surface area contributed by atoms with Gasteiger partial charge in [0.15, 0.2) is 0 Å². The van der Waals surface area contributed by atoms with E-state index in [9.17, 15) is 9.18 Å². The Morgan fingerprint density at radius 2 is 1.92 bits per heavy atom. The van der Waals surface area contributed by atoms with E-state index in [4.69, 9.17) is 0 Å². The first-order valence-electron chi connectivity index (χ1n) is 8.16. The average molecular weight is 332 g/mol. The van der Waals surface area contributed by atoms with Crippen LogP contribution in [0.2, 0.25) is 0 Å². The molecular formula is C18H25FN4O. The fraction of sp³-hybridized carbons (Fsp3) is 0.444. The summed E-state index contributed by atoms with van der Waals surface area (Å²) in [6, 6.07) is 6.44. The van der Waals surface area contributed by atoms with Crippen LogP contribution < -0.4 is 0 Å². The fourth-order valence-corrected chi connectivity index (χ4v) is 2.43. The molecule has 6 heteroatoms. The second-order valence-electron chi connectivity index (χ2n) is 6.07. The van der Waals surface area contributed by atoms with Crippen LogP contribution in [0, 0.1) is 5.82 Å². The third-order valence-electron chi connectivity index (χ3n) is 3.87. The summed E-state index contributed by atoms with van der Waals surface area (Å²) in [6.07, 6.45) is 4.10. The summed E-state index contributed by atoms with van der Waals surface area (Å²) in [7, 11) is 3.98. The number of likely N-dealkylation sites (N-methyl/N-ethyl adjacent to an activating group) is 1. The van der Waals surface area contributed by atoms with Crippen molar-refractivity contribution in [3.63, 3.8) is 0 Å². The first kappa shape index (κ1) is 18.1. The molecule has 1 aromatic carbocycles. The van der Waals surface area contributed by atoms with Crippen LogP contribution in [-0.4, -0.2) is 52.4 Å². The summed E-state index contributed by atoms with van der Waals surface area (Å²) < 4.78 is 15.0.